The molecule has 0 aromatic heterocycles. The monoisotopic (exact) mass is 400 g/mol. The maximum Gasteiger partial charge on any atom is 0.242 e. The van der Waals surface area contributed by atoms with Crippen molar-refractivity contribution < 1.29 is 9.53 Å². The molecule has 2 aliphatic heterocycles. The Morgan fingerprint density at radius 1 is 1.29 bits per heavy atom. The fourth-order valence-electron chi connectivity index (χ4n) is 3.90. The zero-order valence-corrected chi connectivity index (χ0v) is 17.9. The molecule has 5 heteroatoms. The van der Waals surface area contributed by atoms with Crippen LogP contribution in [0.5, 0.6) is 0 Å². The van der Waals surface area contributed by atoms with E-state index in [0.29, 0.717) is 10.9 Å². The highest BCUT2D eigenvalue weighted by Gasteiger charge is 2.32. The third kappa shape index (κ3) is 5.97. The molecule has 0 bridgehead atoms. The van der Waals surface area contributed by atoms with E-state index < -0.39 is 0 Å². The van der Waals surface area contributed by atoms with Crippen LogP contribution in [0.1, 0.15) is 43.7 Å². The minimum absolute atomic E-state index is 0.0256. The van der Waals surface area contributed by atoms with Crippen LogP contribution in [0.4, 0.5) is 0 Å². The van der Waals surface area contributed by atoms with Crippen molar-refractivity contribution in [2.24, 2.45) is 5.92 Å². The maximum atomic E-state index is 12.8. The number of allylic oxidation sites excluding steroid dienone is 1. The minimum atomic E-state index is -0.0256. The van der Waals surface area contributed by atoms with Gasteiger partial charge in [0.25, 0.3) is 0 Å². The van der Waals surface area contributed by atoms with Crippen molar-refractivity contribution in [2.45, 2.75) is 45.6 Å². The molecule has 0 spiro atoms. The normalized spacial score (nSPS) is 21.6. The predicted molar refractivity (Wildman–Crippen MR) is 118 cm³/mol. The average Bonchev–Trinajstić information content (AvgIpc) is 3.15. The second-order valence-corrected chi connectivity index (χ2v) is 8.87. The van der Waals surface area contributed by atoms with E-state index in [4.69, 9.17) is 4.74 Å². The van der Waals surface area contributed by atoms with E-state index in [-0.39, 0.29) is 11.9 Å². The number of amides is 1. The largest absolute Gasteiger partial charge is 0.381 e. The Morgan fingerprint density at radius 2 is 2.00 bits per heavy atom. The molecule has 2 fully saturated rings. The summed E-state index contributed by atoms with van der Waals surface area (Å²) in [7, 11) is 0. The Kier molecular flexibility index (Phi) is 7.77. The van der Waals surface area contributed by atoms with E-state index in [2.05, 4.69) is 60.3 Å². The molecule has 2 aliphatic rings. The number of ether oxygens (including phenoxy) is 1. The van der Waals surface area contributed by atoms with E-state index in [1.165, 1.54) is 28.5 Å². The summed E-state index contributed by atoms with van der Waals surface area (Å²) in [6.07, 6.45) is 4.24. The number of carbonyl (C=O) groups excluding carboxylic acids is 1. The summed E-state index contributed by atoms with van der Waals surface area (Å²) >= 11 is 1.48. The lowest BCUT2D eigenvalue weighted by molar-refractivity contribution is -0.124. The smallest absolute Gasteiger partial charge is 0.242 e. The maximum absolute atomic E-state index is 12.8. The fraction of sp³-hybridized carbons (Fsp3) is 0.522. The Balaban J connectivity index is 1.49. The first-order valence-electron chi connectivity index (χ1n) is 10.2. The lowest BCUT2D eigenvalue weighted by Gasteiger charge is -2.30. The second kappa shape index (κ2) is 10.3. The van der Waals surface area contributed by atoms with Gasteiger partial charge in [-0.1, -0.05) is 48.2 Å². The third-order valence-electron chi connectivity index (χ3n) is 5.65. The van der Waals surface area contributed by atoms with Gasteiger partial charge in [0.15, 0.2) is 0 Å². The van der Waals surface area contributed by atoms with Crippen molar-refractivity contribution in [2.75, 3.05) is 26.3 Å². The van der Waals surface area contributed by atoms with Gasteiger partial charge in [0.1, 0.15) is 0 Å². The van der Waals surface area contributed by atoms with Crippen LogP contribution in [0.15, 0.2) is 41.3 Å². The molecule has 1 N–H and O–H groups in total. The summed E-state index contributed by atoms with van der Waals surface area (Å²) < 4.78 is 5.46. The molecule has 0 saturated carbocycles. The molecule has 0 aliphatic carbocycles. The van der Waals surface area contributed by atoms with Crippen molar-refractivity contribution in [1.82, 2.24) is 10.2 Å². The lowest BCUT2D eigenvalue weighted by Crippen LogP contribution is -2.44. The number of nitrogens with zero attached hydrogens (tertiary/aromatic N) is 1. The quantitative estimate of drug-likeness (QED) is 0.728. The first-order chi connectivity index (χ1) is 13.5. The summed E-state index contributed by atoms with van der Waals surface area (Å²) in [6, 6.07) is 8.44. The van der Waals surface area contributed by atoms with Gasteiger partial charge in [-0.05, 0) is 68.5 Å². The predicted octanol–water partition coefficient (Wildman–Crippen LogP) is 4.57. The molecule has 2 saturated heterocycles. The second-order valence-electron chi connectivity index (χ2n) is 7.91. The number of hydrogen-bond donors (Lipinski definition) is 1. The van der Waals surface area contributed by atoms with Gasteiger partial charge < -0.3 is 10.1 Å². The fourth-order valence-corrected chi connectivity index (χ4v) is 4.51. The van der Waals surface area contributed by atoms with Crippen molar-refractivity contribution in [3.05, 3.63) is 52.4 Å². The van der Waals surface area contributed by atoms with Crippen LogP contribution in [0.2, 0.25) is 0 Å². The third-order valence-corrected chi connectivity index (χ3v) is 6.51. The SMILES string of the molecule is C=C(NC(=O)C1CCCN1CC1CCOCC1)S/C=C(\C)c1ccc(C)cc1. The number of benzene rings is 1. The Labute approximate surface area is 173 Å². The highest BCUT2D eigenvalue weighted by atomic mass is 32.2. The van der Waals surface area contributed by atoms with Gasteiger partial charge in [0.2, 0.25) is 5.91 Å². The molecule has 1 aromatic rings. The van der Waals surface area contributed by atoms with Crippen LogP contribution in [0.3, 0.4) is 0 Å². The molecule has 4 nitrogen and oxygen atoms in total. The Hall–Kier alpha value is -1.56. The number of carbonyl (C=O) groups is 1. The van der Waals surface area contributed by atoms with E-state index in [1.807, 2.05) is 0 Å². The minimum Gasteiger partial charge on any atom is -0.381 e. The molecule has 1 amide bonds. The van der Waals surface area contributed by atoms with E-state index >= 15 is 0 Å². The molecule has 1 aromatic carbocycles. The van der Waals surface area contributed by atoms with Crippen LogP contribution in [0, 0.1) is 12.8 Å². The molecule has 3 rings (SSSR count). The van der Waals surface area contributed by atoms with Crippen LogP contribution in [0.25, 0.3) is 5.57 Å². The highest BCUT2D eigenvalue weighted by molar-refractivity contribution is 8.05. The first-order valence-corrected chi connectivity index (χ1v) is 11.1. The molecular weight excluding hydrogens is 368 g/mol. The van der Waals surface area contributed by atoms with Gasteiger partial charge >= 0.3 is 0 Å². The van der Waals surface area contributed by atoms with Crippen molar-refractivity contribution in [3.8, 4) is 0 Å². The van der Waals surface area contributed by atoms with Crippen molar-refractivity contribution in [3.63, 3.8) is 0 Å². The zero-order valence-electron chi connectivity index (χ0n) is 17.1. The van der Waals surface area contributed by atoms with Gasteiger partial charge in [-0.15, -0.1) is 0 Å². The molecule has 28 heavy (non-hydrogen) atoms. The van der Waals surface area contributed by atoms with Crippen molar-refractivity contribution >= 4 is 23.2 Å². The van der Waals surface area contributed by atoms with E-state index in [1.54, 1.807) is 0 Å². The summed E-state index contributed by atoms with van der Waals surface area (Å²) in [5.74, 6) is 0.739. The van der Waals surface area contributed by atoms with Crippen LogP contribution in [-0.2, 0) is 9.53 Å². The summed E-state index contributed by atoms with van der Waals surface area (Å²) in [5, 5.41) is 5.77. The number of likely N-dealkylation sites (tertiary alicyclic amines) is 1. The Morgan fingerprint density at radius 3 is 2.71 bits per heavy atom. The van der Waals surface area contributed by atoms with Gasteiger partial charge in [0, 0.05) is 19.8 Å². The van der Waals surface area contributed by atoms with Crippen LogP contribution >= 0.6 is 11.8 Å². The summed E-state index contributed by atoms with van der Waals surface area (Å²) in [6.45, 7) is 11.9. The molecule has 152 valence electrons. The summed E-state index contributed by atoms with van der Waals surface area (Å²) in [5.41, 5.74) is 3.61. The molecule has 2 heterocycles. The standard InChI is InChI=1S/C23H32N2O2S/c1-17-6-8-21(9-7-17)18(2)16-28-19(3)24-23(26)22-5-4-12-25(22)15-20-10-13-27-14-11-20/h6-9,16,20,22H,3-5,10-15H2,1-2H3,(H,24,26)/b18-16+. The number of aryl methyl sites for hydroxylation is 1. The molecular formula is C23H32N2O2S. The van der Waals surface area contributed by atoms with Crippen LogP contribution in [-0.4, -0.2) is 43.2 Å². The lowest BCUT2D eigenvalue weighted by atomic mass is 9.99. The van der Waals surface area contributed by atoms with Gasteiger partial charge in [-0.3, -0.25) is 9.69 Å². The number of rotatable bonds is 7. The van der Waals surface area contributed by atoms with E-state index in [0.717, 1.165) is 52.0 Å². The number of thioether (sulfide) groups is 1. The van der Waals surface area contributed by atoms with Gasteiger partial charge in [0.05, 0.1) is 11.1 Å². The molecule has 1 unspecified atom stereocenters. The highest BCUT2D eigenvalue weighted by Crippen LogP contribution is 2.25. The first kappa shape index (κ1) is 21.2. The Bertz CT molecular complexity index is 708. The molecule has 0 radical (unpaired) electrons. The van der Waals surface area contributed by atoms with Crippen molar-refractivity contribution in [1.29, 1.82) is 0 Å². The topological polar surface area (TPSA) is 41.6 Å². The molecule has 1 atom stereocenters. The number of hydrogen-bond acceptors (Lipinski definition) is 4. The van der Waals surface area contributed by atoms with Gasteiger partial charge in [-0.25, -0.2) is 0 Å². The average molecular weight is 401 g/mol. The summed E-state index contributed by atoms with van der Waals surface area (Å²) in [4.78, 5) is 15.1. The number of nitrogens with one attached hydrogen (secondary N) is 1. The van der Waals surface area contributed by atoms with Crippen LogP contribution < -0.4 is 5.32 Å². The van der Waals surface area contributed by atoms with E-state index in [9.17, 15) is 4.79 Å². The van der Waals surface area contributed by atoms with Gasteiger partial charge in [-0.2, -0.15) is 0 Å². The zero-order chi connectivity index (χ0) is 19.9.